The van der Waals surface area contributed by atoms with Crippen LogP contribution in [0.3, 0.4) is 0 Å². The average Bonchev–Trinajstić information content (AvgIpc) is 2.82. The number of hydrogen-bond donors (Lipinski definition) is 5. The molecule has 1 aromatic rings. The average molecular weight is 519 g/mol. The van der Waals surface area contributed by atoms with Gasteiger partial charge in [0.1, 0.15) is 12.6 Å². The minimum atomic E-state index is -1.42. The molecule has 6 N–H and O–H groups in total. The van der Waals surface area contributed by atoms with E-state index in [-0.39, 0.29) is 25.5 Å². The predicted molar refractivity (Wildman–Crippen MR) is 137 cm³/mol. The number of aliphatic carboxylic acids is 1. The van der Waals surface area contributed by atoms with Crippen molar-refractivity contribution in [3.8, 4) is 0 Å². The summed E-state index contributed by atoms with van der Waals surface area (Å²) in [5.74, 6) is -2.97. The van der Waals surface area contributed by atoms with Crippen LogP contribution < -0.4 is 21.7 Å². The fourth-order valence-electron chi connectivity index (χ4n) is 3.37. The molecule has 204 valence electrons. The van der Waals surface area contributed by atoms with Crippen molar-refractivity contribution in [1.82, 2.24) is 16.0 Å². The predicted octanol–water partition coefficient (Wildman–Crippen LogP) is 2.15. The molecule has 0 saturated carbocycles. The van der Waals surface area contributed by atoms with Crippen molar-refractivity contribution in [1.29, 1.82) is 0 Å². The number of carboxylic acid groups (broad SMARTS) is 1. The number of rotatable bonds is 17. The number of Topliss-reactive ketones (excluding diaryl/α,β-unsaturated/α-hetero) is 1. The molecule has 0 fully saturated rings. The molecule has 0 aliphatic carbocycles. The summed E-state index contributed by atoms with van der Waals surface area (Å²) in [7, 11) is 0. The van der Waals surface area contributed by atoms with Gasteiger partial charge in [-0.05, 0) is 38.7 Å². The number of ketones is 1. The highest BCUT2D eigenvalue weighted by Crippen LogP contribution is 2.10. The highest BCUT2D eigenvalue weighted by Gasteiger charge is 2.25. The van der Waals surface area contributed by atoms with Crippen molar-refractivity contribution in [2.45, 2.75) is 83.5 Å². The Morgan fingerprint density at radius 3 is 2.19 bits per heavy atom. The third kappa shape index (κ3) is 14.3. The number of alkyl carbamates (subject to hydrolysis) is 1. The topological polar surface area (TPSA) is 177 Å². The van der Waals surface area contributed by atoms with Gasteiger partial charge in [-0.1, -0.05) is 43.3 Å². The largest absolute Gasteiger partial charge is 0.480 e. The summed E-state index contributed by atoms with van der Waals surface area (Å²) in [5, 5.41) is 16.7. The second kappa shape index (κ2) is 16.7. The quantitative estimate of drug-likeness (QED) is 0.195. The van der Waals surface area contributed by atoms with Crippen molar-refractivity contribution >= 4 is 29.7 Å². The van der Waals surface area contributed by atoms with Gasteiger partial charge in [0.15, 0.2) is 5.78 Å². The van der Waals surface area contributed by atoms with Crippen LogP contribution in [0, 0.1) is 0 Å². The Morgan fingerprint density at radius 2 is 1.59 bits per heavy atom. The summed E-state index contributed by atoms with van der Waals surface area (Å²) in [6.45, 7) is 7.12. The number of allylic oxidation sites excluding steroid dienone is 1. The fourth-order valence-corrected chi connectivity index (χ4v) is 3.37. The molecule has 0 radical (unpaired) electrons. The molecule has 0 spiro atoms. The number of benzene rings is 1. The molecular weight excluding hydrogens is 480 g/mol. The second-order valence-electron chi connectivity index (χ2n) is 9.01. The van der Waals surface area contributed by atoms with Crippen LogP contribution in [-0.4, -0.2) is 52.9 Å². The molecule has 0 aromatic heterocycles. The Kier molecular flexibility index (Phi) is 14.1. The lowest BCUT2D eigenvalue weighted by molar-refractivity contribution is -0.143. The number of unbranched alkanes of at least 4 members (excludes halogenated alkanes) is 1. The number of ether oxygens (including phenoxy) is 1. The molecule has 0 aliphatic rings. The van der Waals surface area contributed by atoms with Crippen LogP contribution >= 0.6 is 0 Å². The van der Waals surface area contributed by atoms with Gasteiger partial charge in [0.05, 0.1) is 12.5 Å². The number of carbonyl (C=O) groups is 5. The van der Waals surface area contributed by atoms with Crippen molar-refractivity contribution in [2.75, 3.05) is 0 Å². The third-order valence-corrected chi connectivity index (χ3v) is 5.21. The minimum absolute atomic E-state index is 0.0317. The molecule has 0 saturated heterocycles. The maximum atomic E-state index is 12.8. The smallest absolute Gasteiger partial charge is 0.408 e. The van der Waals surface area contributed by atoms with Gasteiger partial charge in [0.2, 0.25) is 11.8 Å². The molecule has 37 heavy (non-hydrogen) atoms. The van der Waals surface area contributed by atoms with E-state index in [4.69, 9.17) is 10.5 Å². The van der Waals surface area contributed by atoms with Crippen LogP contribution in [0.1, 0.15) is 64.4 Å². The van der Waals surface area contributed by atoms with Crippen LogP contribution in [0.2, 0.25) is 0 Å². The Balaban J connectivity index is 2.66. The number of nitrogens with two attached hydrogens (primary N) is 1. The molecule has 1 rings (SSSR count). The second-order valence-corrected chi connectivity index (χ2v) is 9.01. The van der Waals surface area contributed by atoms with E-state index in [1.54, 1.807) is 26.0 Å². The normalized spacial score (nSPS) is 12.2. The van der Waals surface area contributed by atoms with E-state index in [2.05, 4.69) is 22.5 Å². The summed E-state index contributed by atoms with van der Waals surface area (Å²) in [6.07, 6.45) is 0.385. The van der Waals surface area contributed by atoms with Crippen LogP contribution in [0.25, 0.3) is 0 Å². The SMILES string of the molecule is C=C(N)CCCCC(NC(=O)OCc1ccccc1)C(=O)CCC(=O)NC(CC(=O)NC(C)C)C(=O)O. The van der Waals surface area contributed by atoms with E-state index in [0.29, 0.717) is 31.4 Å². The Hall–Kier alpha value is -3.89. The maximum absolute atomic E-state index is 12.8. The molecule has 11 nitrogen and oxygen atoms in total. The van der Waals surface area contributed by atoms with E-state index in [0.717, 1.165) is 5.56 Å². The highest BCUT2D eigenvalue weighted by atomic mass is 16.5. The van der Waals surface area contributed by atoms with Gasteiger partial charge in [-0.25, -0.2) is 9.59 Å². The first kappa shape index (κ1) is 31.1. The van der Waals surface area contributed by atoms with Gasteiger partial charge in [0, 0.05) is 24.6 Å². The molecule has 2 atom stereocenters. The molecule has 3 amide bonds. The zero-order valence-electron chi connectivity index (χ0n) is 21.5. The zero-order chi connectivity index (χ0) is 27.8. The Labute approximate surface area is 217 Å². The number of hydrogen-bond acceptors (Lipinski definition) is 7. The lowest BCUT2D eigenvalue weighted by atomic mass is 10.0. The molecular formula is C26H38N4O7. The lowest BCUT2D eigenvalue weighted by Gasteiger charge is -2.18. The van der Waals surface area contributed by atoms with Gasteiger partial charge in [-0.15, -0.1) is 0 Å². The molecule has 0 heterocycles. The van der Waals surface area contributed by atoms with E-state index < -0.39 is 48.2 Å². The Morgan fingerprint density at radius 1 is 0.919 bits per heavy atom. The van der Waals surface area contributed by atoms with E-state index in [1.807, 2.05) is 18.2 Å². The molecule has 2 unspecified atom stereocenters. The summed E-state index contributed by atoms with van der Waals surface area (Å²) in [5.41, 5.74) is 6.88. The van der Waals surface area contributed by atoms with Gasteiger partial charge in [-0.2, -0.15) is 0 Å². The summed E-state index contributed by atoms with van der Waals surface area (Å²) < 4.78 is 5.20. The van der Waals surface area contributed by atoms with Crippen LogP contribution in [-0.2, 0) is 30.5 Å². The van der Waals surface area contributed by atoms with E-state index in [9.17, 15) is 29.1 Å². The van der Waals surface area contributed by atoms with E-state index >= 15 is 0 Å². The lowest BCUT2D eigenvalue weighted by Crippen LogP contribution is -2.45. The van der Waals surface area contributed by atoms with Crippen LogP contribution in [0.4, 0.5) is 4.79 Å². The standard InChI is InChI=1S/C26H38N4O7/c1-17(2)28-24(33)15-21(25(34)35)29-23(32)14-13-22(31)20(12-8-7-9-18(3)27)30-26(36)37-16-19-10-5-4-6-11-19/h4-6,10-11,17,20-21H,3,7-9,12-16,27H2,1-2H3,(H,28,33)(H,29,32)(H,30,36)(H,34,35). The first-order valence-electron chi connectivity index (χ1n) is 12.2. The van der Waals surface area contributed by atoms with Crippen molar-refractivity contribution in [3.63, 3.8) is 0 Å². The van der Waals surface area contributed by atoms with Gasteiger partial charge < -0.3 is 31.5 Å². The van der Waals surface area contributed by atoms with Crippen LogP contribution in [0.5, 0.6) is 0 Å². The third-order valence-electron chi connectivity index (χ3n) is 5.21. The highest BCUT2D eigenvalue weighted by molar-refractivity contribution is 5.92. The molecule has 0 aliphatic heterocycles. The first-order chi connectivity index (χ1) is 17.5. The number of carbonyl (C=O) groups excluding carboxylic acids is 4. The van der Waals surface area contributed by atoms with Gasteiger partial charge in [0.25, 0.3) is 0 Å². The van der Waals surface area contributed by atoms with Gasteiger partial charge >= 0.3 is 12.1 Å². The first-order valence-corrected chi connectivity index (χ1v) is 12.2. The van der Waals surface area contributed by atoms with Crippen molar-refractivity contribution in [2.24, 2.45) is 5.73 Å². The number of amides is 3. The van der Waals surface area contributed by atoms with Crippen molar-refractivity contribution < 1.29 is 33.8 Å². The fraction of sp³-hybridized carbons (Fsp3) is 0.500. The van der Waals surface area contributed by atoms with Crippen LogP contribution in [0.15, 0.2) is 42.6 Å². The monoisotopic (exact) mass is 518 g/mol. The number of nitrogens with one attached hydrogen (secondary N) is 3. The maximum Gasteiger partial charge on any atom is 0.408 e. The zero-order valence-corrected chi connectivity index (χ0v) is 21.5. The summed E-state index contributed by atoms with van der Waals surface area (Å²) in [6, 6.07) is 6.55. The number of carboxylic acids is 1. The summed E-state index contributed by atoms with van der Waals surface area (Å²) in [4.78, 5) is 60.8. The summed E-state index contributed by atoms with van der Waals surface area (Å²) >= 11 is 0. The van der Waals surface area contributed by atoms with Crippen molar-refractivity contribution in [3.05, 3.63) is 48.2 Å². The Bertz CT molecular complexity index is 934. The molecule has 11 heteroatoms. The van der Waals surface area contributed by atoms with E-state index in [1.165, 1.54) is 0 Å². The van der Waals surface area contributed by atoms with Gasteiger partial charge in [-0.3, -0.25) is 14.4 Å². The minimum Gasteiger partial charge on any atom is -0.480 e. The molecule has 1 aromatic carbocycles. The molecule has 0 bridgehead atoms.